The van der Waals surface area contributed by atoms with E-state index in [9.17, 15) is 9.18 Å². The van der Waals surface area contributed by atoms with Crippen molar-refractivity contribution in [1.82, 2.24) is 0 Å². The third-order valence-electron chi connectivity index (χ3n) is 2.02. The molecule has 5 heteroatoms. The number of carbonyl (C=O) groups is 1. The highest BCUT2D eigenvalue weighted by molar-refractivity contribution is 5.91. The van der Waals surface area contributed by atoms with Crippen LogP contribution in [0.1, 0.15) is 28.4 Å². The van der Waals surface area contributed by atoms with Crippen molar-refractivity contribution >= 4 is 5.97 Å². The predicted molar refractivity (Wildman–Crippen MR) is 53.0 cm³/mol. The van der Waals surface area contributed by atoms with E-state index < -0.39 is 18.4 Å². The van der Waals surface area contributed by atoms with Crippen molar-refractivity contribution in [2.75, 3.05) is 6.61 Å². The third kappa shape index (κ3) is 2.18. The maximum absolute atomic E-state index is 13.5. The van der Waals surface area contributed by atoms with E-state index in [0.717, 1.165) is 0 Å². The monoisotopic (exact) mass is 223 g/mol. The zero-order valence-electron chi connectivity index (χ0n) is 8.66. The number of halogens is 1. The van der Waals surface area contributed by atoms with E-state index in [4.69, 9.17) is 15.1 Å². The van der Waals surface area contributed by atoms with Gasteiger partial charge in [0.2, 0.25) is 0 Å². The Morgan fingerprint density at radius 3 is 2.81 bits per heavy atom. The molecule has 4 nitrogen and oxygen atoms in total. The summed E-state index contributed by atoms with van der Waals surface area (Å²) in [6.45, 7) is 1.12. The van der Waals surface area contributed by atoms with Crippen LogP contribution in [0.2, 0.25) is 0 Å². The summed E-state index contributed by atoms with van der Waals surface area (Å²) in [5.41, 5.74) is -0.476. The molecule has 1 rings (SSSR count). The summed E-state index contributed by atoms with van der Waals surface area (Å²) in [4.78, 5) is 11.4. The van der Waals surface area contributed by atoms with Gasteiger partial charge in [0.15, 0.2) is 0 Å². The van der Waals surface area contributed by atoms with Gasteiger partial charge in [-0.3, -0.25) is 0 Å². The van der Waals surface area contributed by atoms with Crippen molar-refractivity contribution in [1.29, 1.82) is 5.26 Å². The number of aliphatic hydroxyl groups excluding tert-OH is 1. The Kier molecular flexibility index (Phi) is 3.97. The highest BCUT2D eigenvalue weighted by Gasteiger charge is 2.18. The zero-order valence-corrected chi connectivity index (χ0v) is 8.66. The fraction of sp³-hybridized carbons (Fsp3) is 0.273. The molecule has 0 unspecified atom stereocenters. The second-order valence-corrected chi connectivity index (χ2v) is 2.94. The standard InChI is InChI=1S/C11H10FNO3/c1-2-16-11(15)8-4-3-7(5-13)10(12)9(8)6-14/h3-4,14H,2,6H2,1H3. The number of aliphatic hydroxyl groups is 1. The van der Waals surface area contributed by atoms with Gasteiger partial charge in [-0.15, -0.1) is 0 Å². The van der Waals surface area contributed by atoms with Crippen LogP contribution in [0.15, 0.2) is 12.1 Å². The first-order valence-corrected chi connectivity index (χ1v) is 4.65. The molecule has 0 heterocycles. The van der Waals surface area contributed by atoms with Gasteiger partial charge in [-0.1, -0.05) is 0 Å². The van der Waals surface area contributed by atoms with Crippen LogP contribution in [-0.2, 0) is 11.3 Å². The largest absolute Gasteiger partial charge is 0.462 e. The molecule has 0 fully saturated rings. The first kappa shape index (κ1) is 12.1. The lowest BCUT2D eigenvalue weighted by Gasteiger charge is -2.08. The van der Waals surface area contributed by atoms with Crippen LogP contribution >= 0.6 is 0 Å². The molecule has 0 aliphatic heterocycles. The van der Waals surface area contributed by atoms with Crippen molar-refractivity contribution < 1.29 is 19.0 Å². The van der Waals surface area contributed by atoms with Gasteiger partial charge in [0.25, 0.3) is 0 Å². The Labute approximate surface area is 91.9 Å². The highest BCUT2D eigenvalue weighted by atomic mass is 19.1. The third-order valence-corrected chi connectivity index (χ3v) is 2.02. The average Bonchev–Trinajstić information content (AvgIpc) is 2.28. The molecule has 0 saturated heterocycles. The van der Waals surface area contributed by atoms with Crippen LogP contribution in [0.4, 0.5) is 4.39 Å². The van der Waals surface area contributed by atoms with Gasteiger partial charge >= 0.3 is 5.97 Å². The Hall–Kier alpha value is -1.93. The predicted octanol–water partition coefficient (Wildman–Crippen LogP) is 1.37. The fourth-order valence-electron chi connectivity index (χ4n) is 1.26. The zero-order chi connectivity index (χ0) is 12.1. The molecule has 0 radical (unpaired) electrons. The first-order valence-electron chi connectivity index (χ1n) is 4.65. The molecule has 0 bridgehead atoms. The second kappa shape index (κ2) is 5.24. The number of esters is 1. The number of carbonyl (C=O) groups excluding carboxylic acids is 1. The molecule has 0 amide bonds. The Morgan fingerprint density at radius 1 is 1.62 bits per heavy atom. The van der Waals surface area contributed by atoms with Crippen molar-refractivity contribution in [2.24, 2.45) is 0 Å². The van der Waals surface area contributed by atoms with Gasteiger partial charge < -0.3 is 9.84 Å². The number of rotatable bonds is 3. The maximum atomic E-state index is 13.5. The maximum Gasteiger partial charge on any atom is 0.338 e. The molecule has 0 aliphatic carbocycles. The lowest BCUT2D eigenvalue weighted by atomic mass is 10.0. The molecular weight excluding hydrogens is 213 g/mol. The molecule has 0 saturated carbocycles. The van der Waals surface area contributed by atoms with E-state index >= 15 is 0 Å². The van der Waals surface area contributed by atoms with Crippen LogP contribution in [0.5, 0.6) is 0 Å². The van der Waals surface area contributed by atoms with Gasteiger partial charge in [-0.2, -0.15) is 5.26 Å². The molecule has 0 aromatic heterocycles. The van der Waals surface area contributed by atoms with Crippen molar-refractivity contribution in [3.8, 4) is 6.07 Å². The minimum Gasteiger partial charge on any atom is -0.462 e. The Morgan fingerprint density at radius 2 is 2.31 bits per heavy atom. The molecule has 0 spiro atoms. The van der Waals surface area contributed by atoms with Gasteiger partial charge in [0.1, 0.15) is 11.9 Å². The number of ether oxygens (including phenoxy) is 1. The van der Waals surface area contributed by atoms with Crippen molar-refractivity contribution in [3.05, 3.63) is 34.6 Å². The van der Waals surface area contributed by atoms with Crippen LogP contribution in [0.3, 0.4) is 0 Å². The van der Waals surface area contributed by atoms with Crippen LogP contribution < -0.4 is 0 Å². The normalized spacial score (nSPS) is 9.62. The highest BCUT2D eigenvalue weighted by Crippen LogP contribution is 2.18. The van der Waals surface area contributed by atoms with Crippen LogP contribution in [-0.4, -0.2) is 17.7 Å². The number of hydrogen-bond donors (Lipinski definition) is 1. The Bertz CT molecular complexity index is 451. The summed E-state index contributed by atoms with van der Waals surface area (Å²) >= 11 is 0. The SMILES string of the molecule is CCOC(=O)c1ccc(C#N)c(F)c1CO. The van der Waals surface area contributed by atoms with Gasteiger partial charge in [-0.25, -0.2) is 9.18 Å². The summed E-state index contributed by atoms with van der Waals surface area (Å²) in [6.07, 6.45) is 0. The number of hydrogen-bond acceptors (Lipinski definition) is 4. The molecule has 0 atom stereocenters. The Balaban J connectivity index is 3.27. The summed E-state index contributed by atoms with van der Waals surface area (Å²) < 4.78 is 18.2. The number of benzene rings is 1. The molecule has 1 aromatic rings. The van der Waals surface area contributed by atoms with Gasteiger partial charge in [0.05, 0.1) is 24.3 Å². The minimum absolute atomic E-state index is 0.0548. The van der Waals surface area contributed by atoms with Gasteiger partial charge in [0, 0.05) is 5.56 Å². The lowest BCUT2D eigenvalue weighted by Crippen LogP contribution is -2.10. The summed E-state index contributed by atoms with van der Waals surface area (Å²) in [6, 6.07) is 4.08. The lowest BCUT2D eigenvalue weighted by molar-refractivity contribution is 0.0522. The van der Waals surface area contributed by atoms with E-state index in [1.165, 1.54) is 12.1 Å². The minimum atomic E-state index is -0.879. The van der Waals surface area contributed by atoms with Crippen molar-refractivity contribution in [3.63, 3.8) is 0 Å². The quantitative estimate of drug-likeness (QED) is 0.785. The first-order chi connectivity index (χ1) is 7.65. The molecule has 0 aliphatic rings. The van der Waals surface area contributed by atoms with Crippen molar-refractivity contribution in [2.45, 2.75) is 13.5 Å². The smallest absolute Gasteiger partial charge is 0.338 e. The topological polar surface area (TPSA) is 70.3 Å². The second-order valence-electron chi connectivity index (χ2n) is 2.94. The van der Waals surface area contributed by atoms with E-state index in [0.29, 0.717) is 0 Å². The molecule has 84 valence electrons. The number of nitriles is 1. The molecular formula is C11H10FNO3. The fourth-order valence-corrected chi connectivity index (χ4v) is 1.26. The van der Waals surface area contributed by atoms with Gasteiger partial charge in [-0.05, 0) is 19.1 Å². The molecule has 1 aromatic carbocycles. The summed E-state index contributed by atoms with van der Waals surface area (Å²) in [5, 5.41) is 17.6. The summed E-state index contributed by atoms with van der Waals surface area (Å²) in [5.74, 6) is -1.59. The van der Waals surface area contributed by atoms with Crippen LogP contribution in [0, 0.1) is 17.1 Å². The average molecular weight is 223 g/mol. The van der Waals surface area contributed by atoms with E-state index in [1.807, 2.05) is 0 Å². The number of nitrogens with zero attached hydrogens (tertiary/aromatic N) is 1. The van der Waals surface area contributed by atoms with E-state index in [2.05, 4.69) is 0 Å². The van der Waals surface area contributed by atoms with E-state index in [-0.39, 0.29) is 23.3 Å². The van der Waals surface area contributed by atoms with E-state index in [1.54, 1.807) is 13.0 Å². The molecule has 1 N–H and O–H groups in total. The molecule has 16 heavy (non-hydrogen) atoms. The van der Waals surface area contributed by atoms with Crippen LogP contribution in [0.25, 0.3) is 0 Å². The summed E-state index contributed by atoms with van der Waals surface area (Å²) in [7, 11) is 0.